The minimum atomic E-state index is -0.0950. The number of rotatable bonds is 4. The van der Waals surface area contributed by atoms with E-state index in [9.17, 15) is 9.59 Å². The zero-order chi connectivity index (χ0) is 21.1. The Hall–Kier alpha value is -2.21. The molecule has 1 fully saturated rings. The summed E-state index contributed by atoms with van der Waals surface area (Å²) in [5, 5.41) is 3.68. The Morgan fingerprint density at radius 1 is 1.20 bits per heavy atom. The molecule has 2 unspecified atom stereocenters. The zero-order valence-corrected chi connectivity index (χ0v) is 18.3. The Morgan fingerprint density at radius 2 is 2.03 bits per heavy atom. The molecule has 2 aliphatic heterocycles. The van der Waals surface area contributed by atoms with Crippen LogP contribution in [0.15, 0.2) is 23.0 Å². The average Bonchev–Trinajstić information content (AvgIpc) is 2.73. The van der Waals surface area contributed by atoms with Crippen LogP contribution in [0.2, 0.25) is 0 Å². The van der Waals surface area contributed by atoms with E-state index >= 15 is 0 Å². The first-order valence-electron chi connectivity index (χ1n) is 11.6. The molecule has 1 amide bonds. The van der Waals surface area contributed by atoms with Crippen LogP contribution in [0.3, 0.4) is 0 Å². The molecule has 0 aliphatic carbocycles. The molecular formula is C24H34N4O2. The van der Waals surface area contributed by atoms with Crippen LogP contribution in [0.25, 0.3) is 10.9 Å². The summed E-state index contributed by atoms with van der Waals surface area (Å²) in [4.78, 5) is 33.0. The highest BCUT2D eigenvalue weighted by Gasteiger charge is 2.21. The van der Waals surface area contributed by atoms with Gasteiger partial charge in [-0.25, -0.2) is 4.98 Å². The Balaban J connectivity index is 1.49. The van der Waals surface area contributed by atoms with Crippen LogP contribution in [0.1, 0.15) is 68.6 Å². The van der Waals surface area contributed by atoms with E-state index in [1.165, 1.54) is 19.3 Å². The van der Waals surface area contributed by atoms with E-state index in [1.807, 2.05) is 4.57 Å². The van der Waals surface area contributed by atoms with Gasteiger partial charge in [0.05, 0.1) is 10.9 Å². The number of carbonyl (C=O) groups is 1. The molecule has 3 heterocycles. The van der Waals surface area contributed by atoms with Gasteiger partial charge in [0.2, 0.25) is 0 Å². The van der Waals surface area contributed by atoms with Crippen molar-refractivity contribution in [1.29, 1.82) is 0 Å². The first-order valence-corrected chi connectivity index (χ1v) is 11.6. The number of hydrogen-bond donors (Lipinski definition) is 1. The fourth-order valence-corrected chi connectivity index (χ4v) is 4.83. The zero-order valence-electron chi connectivity index (χ0n) is 18.3. The van der Waals surface area contributed by atoms with Gasteiger partial charge in [0, 0.05) is 37.7 Å². The van der Waals surface area contributed by atoms with Crippen molar-refractivity contribution < 1.29 is 4.79 Å². The van der Waals surface area contributed by atoms with Gasteiger partial charge in [0.15, 0.2) is 0 Å². The van der Waals surface area contributed by atoms with Gasteiger partial charge in [-0.05, 0) is 63.3 Å². The molecular weight excluding hydrogens is 376 g/mol. The summed E-state index contributed by atoms with van der Waals surface area (Å²) in [5.41, 5.74) is 1.23. The Kier molecular flexibility index (Phi) is 6.52. The Bertz CT molecular complexity index is 968. The number of piperidine rings is 1. The molecule has 4 rings (SSSR count). The quantitative estimate of drug-likeness (QED) is 0.839. The molecule has 1 saturated heterocycles. The summed E-state index contributed by atoms with van der Waals surface area (Å²) in [7, 11) is 0. The fraction of sp³-hybridized carbons (Fsp3) is 0.625. The number of fused-ring (bicyclic) bond motifs is 2. The van der Waals surface area contributed by atoms with E-state index < -0.39 is 0 Å². The maximum atomic E-state index is 13.0. The molecule has 1 aromatic carbocycles. The number of hydrogen-bond acceptors (Lipinski definition) is 4. The van der Waals surface area contributed by atoms with Crippen molar-refractivity contribution in [2.75, 3.05) is 19.6 Å². The molecule has 2 atom stereocenters. The first kappa shape index (κ1) is 21.0. The van der Waals surface area contributed by atoms with E-state index in [-0.39, 0.29) is 11.5 Å². The number of aromatic nitrogens is 2. The highest BCUT2D eigenvalue weighted by molar-refractivity contribution is 5.97. The summed E-state index contributed by atoms with van der Waals surface area (Å²) in [6.45, 7) is 8.06. The van der Waals surface area contributed by atoms with Crippen molar-refractivity contribution in [3.05, 3.63) is 39.9 Å². The maximum absolute atomic E-state index is 13.0. The van der Waals surface area contributed by atoms with Crippen molar-refractivity contribution in [2.45, 2.75) is 71.4 Å². The van der Waals surface area contributed by atoms with E-state index in [2.05, 4.69) is 24.1 Å². The lowest BCUT2D eigenvalue weighted by Crippen LogP contribution is -2.46. The van der Waals surface area contributed by atoms with Crippen LogP contribution in [0, 0.1) is 5.92 Å². The minimum absolute atomic E-state index is 0.0247. The number of amides is 1. The second-order valence-corrected chi connectivity index (χ2v) is 9.18. The SMILES string of the molecule is CC1CCCN(C(C)CNC(=O)c2ccc3c(=O)n4c(nc3c2)CCCCCC4)C1. The van der Waals surface area contributed by atoms with Crippen LogP contribution in [0.5, 0.6) is 0 Å². The molecule has 0 bridgehead atoms. The van der Waals surface area contributed by atoms with Gasteiger partial charge in [-0.1, -0.05) is 19.8 Å². The number of carbonyl (C=O) groups excluding carboxylic acids is 1. The van der Waals surface area contributed by atoms with Crippen molar-refractivity contribution in [2.24, 2.45) is 5.92 Å². The number of aryl methyl sites for hydroxylation is 1. The molecule has 2 aliphatic rings. The predicted octanol–water partition coefficient (Wildman–Crippen LogP) is 3.36. The van der Waals surface area contributed by atoms with E-state index in [0.29, 0.717) is 29.1 Å². The first-order chi connectivity index (χ1) is 14.5. The van der Waals surface area contributed by atoms with Crippen molar-refractivity contribution in [3.8, 4) is 0 Å². The molecule has 30 heavy (non-hydrogen) atoms. The Labute approximate surface area is 178 Å². The number of likely N-dealkylation sites (tertiary alicyclic amines) is 1. The highest BCUT2D eigenvalue weighted by Crippen LogP contribution is 2.18. The van der Waals surface area contributed by atoms with Crippen molar-refractivity contribution in [1.82, 2.24) is 19.8 Å². The topological polar surface area (TPSA) is 67.2 Å². The monoisotopic (exact) mass is 410 g/mol. The summed E-state index contributed by atoms with van der Waals surface area (Å²) in [6.07, 6.45) is 7.79. The maximum Gasteiger partial charge on any atom is 0.261 e. The van der Waals surface area contributed by atoms with Gasteiger partial charge in [-0.15, -0.1) is 0 Å². The van der Waals surface area contributed by atoms with Crippen LogP contribution < -0.4 is 10.9 Å². The van der Waals surface area contributed by atoms with Crippen LogP contribution in [-0.2, 0) is 13.0 Å². The van der Waals surface area contributed by atoms with Gasteiger partial charge in [0.25, 0.3) is 11.5 Å². The molecule has 0 spiro atoms. The second-order valence-electron chi connectivity index (χ2n) is 9.18. The number of nitrogens with zero attached hydrogens (tertiary/aromatic N) is 3. The third-order valence-electron chi connectivity index (χ3n) is 6.70. The largest absolute Gasteiger partial charge is 0.350 e. The van der Waals surface area contributed by atoms with E-state index in [0.717, 1.165) is 57.1 Å². The van der Waals surface area contributed by atoms with Gasteiger partial charge >= 0.3 is 0 Å². The summed E-state index contributed by atoms with van der Waals surface area (Å²) in [6, 6.07) is 5.62. The lowest BCUT2D eigenvalue weighted by molar-refractivity contribution is 0.0917. The van der Waals surface area contributed by atoms with Crippen molar-refractivity contribution >= 4 is 16.8 Å². The van der Waals surface area contributed by atoms with Gasteiger partial charge in [-0.3, -0.25) is 19.1 Å². The third kappa shape index (κ3) is 4.59. The lowest BCUT2D eigenvalue weighted by atomic mass is 9.99. The van der Waals surface area contributed by atoms with Gasteiger partial charge in [0.1, 0.15) is 5.82 Å². The van der Waals surface area contributed by atoms with Gasteiger partial charge < -0.3 is 5.32 Å². The van der Waals surface area contributed by atoms with Crippen LogP contribution >= 0.6 is 0 Å². The fourth-order valence-electron chi connectivity index (χ4n) is 4.83. The highest BCUT2D eigenvalue weighted by atomic mass is 16.1. The van der Waals surface area contributed by atoms with Crippen LogP contribution in [0.4, 0.5) is 0 Å². The molecule has 6 nitrogen and oxygen atoms in total. The Morgan fingerprint density at radius 3 is 2.87 bits per heavy atom. The molecule has 6 heteroatoms. The average molecular weight is 411 g/mol. The van der Waals surface area contributed by atoms with Gasteiger partial charge in [-0.2, -0.15) is 0 Å². The molecule has 162 valence electrons. The minimum Gasteiger partial charge on any atom is -0.350 e. The molecule has 0 radical (unpaired) electrons. The standard InChI is InChI=1S/C24H34N4O2/c1-17-8-7-12-27(16-17)18(2)15-25-23(29)19-10-11-20-21(14-19)26-22-9-5-3-4-6-13-28(22)24(20)30/h10-11,14,17-18H,3-9,12-13,15-16H2,1-2H3,(H,25,29). The lowest BCUT2D eigenvalue weighted by Gasteiger charge is -2.35. The number of benzene rings is 1. The third-order valence-corrected chi connectivity index (χ3v) is 6.70. The van der Waals surface area contributed by atoms with Crippen LogP contribution in [-0.4, -0.2) is 46.0 Å². The molecule has 1 N–H and O–H groups in total. The molecule has 0 saturated carbocycles. The predicted molar refractivity (Wildman–Crippen MR) is 120 cm³/mol. The van der Waals surface area contributed by atoms with E-state index in [1.54, 1.807) is 18.2 Å². The summed E-state index contributed by atoms with van der Waals surface area (Å²) < 4.78 is 1.84. The smallest absolute Gasteiger partial charge is 0.261 e. The van der Waals surface area contributed by atoms with E-state index in [4.69, 9.17) is 4.98 Å². The van der Waals surface area contributed by atoms with Crippen molar-refractivity contribution in [3.63, 3.8) is 0 Å². The molecule has 1 aromatic heterocycles. The second kappa shape index (κ2) is 9.29. The molecule has 2 aromatic rings. The normalized spacial score (nSPS) is 21.5. The summed E-state index contributed by atoms with van der Waals surface area (Å²) in [5.74, 6) is 1.49. The summed E-state index contributed by atoms with van der Waals surface area (Å²) >= 11 is 0. The number of nitrogens with one attached hydrogen (secondary N) is 1.